The molecule has 0 saturated heterocycles. The van der Waals surface area contributed by atoms with E-state index >= 15 is 0 Å². The molecule has 0 radical (unpaired) electrons. The average molecular weight is 238 g/mol. The molecular weight excluding hydrogens is 220 g/mol. The summed E-state index contributed by atoms with van der Waals surface area (Å²) in [5.41, 5.74) is -0.333. The van der Waals surface area contributed by atoms with Gasteiger partial charge in [0.1, 0.15) is 5.60 Å². The Morgan fingerprint density at radius 2 is 1.94 bits per heavy atom. The Kier molecular flexibility index (Phi) is 3.22. The van der Waals surface area contributed by atoms with Crippen LogP contribution in [0.4, 0.5) is 0 Å². The van der Waals surface area contributed by atoms with Gasteiger partial charge in [0.25, 0.3) is 0 Å². The Morgan fingerprint density at radius 1 is 1.24 bits per heavy atom. The normalized spacial score (nSPS) is 35.2. The number of carbonyl (C=O) groups is 2. The van der Waals surface area contributed by atoms with Gasteiger partial charge in [-0.1, -0.05) is 0 Å². The molecule has 17 heavy (non-hydrogen) atoms. The van der Waals surface area contributed by atoms with Gasteiger partial charge in [0.05, 0.1) is 7.11 Å². The van der Waals surface area contributed by atoms with Crippen LogP contribution in [0.3, 0.4) is 0 Å². The molecule has 2 rings (SSSR count). The molecule has 0 heterocycles. The van der Waals surface area contributed by atoms with Crippen LogP contribution in [0.2, 0.25) is 0 Å². The topological polar surface area (TPSA) is 52.6 Å². The van der Waals surface area contributed by atoms with E-state index in [2.05, 4.69) is 4.74 Å². The van der Waals surface area contributed by atoms with E-state index in [1.165, 1.54) is 20.0 Å². The lowest BCUT2D eigenvalue weighted by molar-refractivity contribution is -0.157. The molecule has 2 saturated carbocycles. The van der Waals surface area contributed by atoms with Gasteiger partial charge in [-0.05, 0) is 44.4 Å². The number of carbonyl (C=O) groups excluding carboxylic acids is 2. The number of esters is 2. The minimum absolute atomic E-state index is 0.333. The summed E-state index contributed by atoms with van der Waals surface area (Å²) in [6, 6.07) is 0. The van der Waals surface area contributed by atoms with Crippen molar-refractivity contribution in [2.75, 3.05) is 7.11 Å². The molecular formula is C13H18O4. The van der Waals surface area contributed by atoms with Gasteiger partial charge < -0.3 is 9.47 Å². The monoisotopic (exact) mass is 238 g/mol. The van der Waals surface area contributed by atoms with Crippen LogP contribution in [-0.4, -0.2) is 24.6 Å². The lowest BCUT2D eigenvalue weighted by atomic mass is 9.86. The van der Waals surface area contributed by atoms with E-state index < -0.39 is 11.9 Å². The molecule has 2 aliphatic carbocycles. The fourth-order valence-electron chi connectivity index (χ4n) is 3.15. The van der Waals surface area contributed by atoms with Gasteiger partial charge in [-0.3, -0.25) is 0 Å². The molecule has 4 nitrogen and oxygen atoms in total. The lowest BCUT2D eigenvalue weighted by Crippen LogP contribution is -2.36. The minimum Gasteiger partial charge on any atom is -0.466 e. The summed E-state index contributed by atoms with van der Waals surface area (Å²) < 4.78 is 9.91. The number of hydrogen-bond acceptors (Lipinski definition) is 4. The first-order chi connectivity index (χ1) is 8.03. The molecule has 0 N–H and O–H groups in total. The number of methoxy groups -OCH3 is 1. The van der Waals surface area contributed by atoms with Gasteiger partial charge in [0.2, 0.25) is 0 Å². The van der Waals surface area contributed by atoms with Gasteiger partial charge >= 0.3 is 11.9 Å². The summed E-state index contributed by atoms with van der Waals surface area (Å²) in [6.07, 6.45) is 6.77. The van der Waals surface area contributed by atoms with Crippen molar-refractivity contribution in [1.82, 2.24) is 0 Å². The fraction of sp³-hybridized carbons (Fsp3) is 0.692. The second-order valence-electron chi connectivity index (χ2n) is 5.17. The van der Waals surface area contributed by atoms with Crippen LogP contribution in [0.5, 0.6) is 0 Å². The predicted molar refractivity (Wildman–Crippen MR) is 61.1 cm³/mol. The number of hydrogen-bond donors (Lipinski definition) is 0. The van der Waals surface area contributed by atoms with Gasteiger partial charge in [0, 0.05) is 12.2 Å². The molecule has 94 valence electrons. The van der Waals surface area contributed by atoms with Crippen molar-refractivity contribution >= 4 is 11.9 Å². The van der Waals surface area contributed by atoms with Gasteiger partial charge in [-0.15, -0.1) is 0 Å². The third kappa shape index (κ3) is 2.51. The van der Waals surface area contributed by atoms with Crippen molar-refractivity contribution in [3.63, 3.8) is 0 Å². The van der Waals surface area contributed by atoms with E-state index in [0.717, 1.165) is 25.0 Å². The highest BCUT2D eigenvalue weighted by Crippen LogP contribution is 2.52. The summed E-state index contributed by atoms with van der Waals surface area (Å²) in [6.45, 7) is 2.00. The van der Waals surface area contributed by atoms with Crippen LogP contribution in [0.25, 0.3) is 0 Å². The van der Waals surface area contributed by atoms with Gasteiger partial charge in [-0.25, -0.2) is 9.59 Å². The molecule has 0 spiro atoms. The van der Waals surface area contributed by atoms with E-state index in [0.29, 0.717) is 11.8 Å². The van der Waals surface area contributed by atoms with Crippen molar-refractivity contribution < 1.29 is 19.1 Å². The SMILES string of the molecule is COC(=O)/C=C/C(=O)OC1(C)CC2CCC1C2. The fourth-order valence-corrected chi connectivity index (χ4v) is 3.15. The predicted octanol–water partition coefficient (Wildman–Crippen LogP) is 1.84. The second kappa shape index (κ2) is 4.51. The largest absolute Gasteiger partial charge is 0.466 e. The van der Waals surface area contributed by atoms with Gasteiger partial charge in [-0.2, -0.15) is 0 Å². The maximum Gasteiger partial charge on any atom is 0.331 e. The highest BCUT2D eigenvalue weighted by molar-refractivity contribution is 5.91. The lowest BCUT2D eigenvalue weighted by Gasteiger charge is -2.33. The van der Waals surface area contributed by atoms with Crippen molar-refractivity contribution in [3.05, 3.63) is 12.2 Å². The van der Waals surface area contributed by atoms with Crippen LogP contribution in [-0.2, 0) is 19.1 Å². The summed E-state index contributed by atoms with van der Waals surface area (Å²) >= 11 is 0. The summed E-state index contributed by atoms with van der Waals surface area (Å²) in [4.78, 5) is 22.4. The van der Waals surface area contributed by atoms with Gasteiger partial charge in [0.15, 0.2) is 0 Å². The van der Waals surface area contributed by atoms with E-state index in [4.69, 9.17) is 4.74 Å². The third-order valence-electron chi connectivity index (χ3n) is 3.99. The van der Waals surface area contributed by atoms with Crippen molar-refractivity contribution in [2.24, 2.45) is 11.8 Å². The first-order valence-electron chi connectivity index (χ1n) is 6.02. The summed E-state index contributed by atoms with van der Waals surface area (Å²) in [7, 11) is 1.27. The smallest absolute Gasteiger partial charge is 0.331 e. The molecule has 0 aliphatic heterocycles. The Labute approximate surface area is 101 Å². The number of fused-ring (bicyclic) bond motifs is 2. The minimum atomic E-state index is -0.542. The second-order valence-corrected chi connectivity index (χ2v) is 5.17. The Hall–Kier alpha value is -1.32. The van der Waals surface area contributed by atoms with E-state index in [1.807, 2.05) is 6.92 Å². The maximum absolute atomic E-state index is 11.6. The standard InChI is InChI=1S/C13H18O4/c1-13(8-9-3-4-10(13)7-9)17-12(15)6-5-11(14)16-2/h5-6,9-10H,3-4,7-8H2,1-2H3/b6-5+. The van der Waals surface area contributed by atoms with E-state index in [1.54, 1.807) is 0 Å². The van der Waals surface area contributed by atoms with Crippen molar-refractivity contribution in [1.29, 1.82) is 0 Å². The zero-order chi connectivity index (χ0) is 12.5. The zero-order valence-electron chi connectivity index (χ0n) is 10.3. The van der Waals surface area contributed by atoms with Crippen molar-refractivity contribution in [3.8, 4) is 0 Å². The van der Waals surface area contributed by atoms with E-state index in [-0.39, 0.29) is 5.60 Å². The zero-order valence-corrected chi connectivity index (χ0v) is 10.3. The quantitative estimate of drug-likeness (QED) is 0.556. The number of ether oxygens (including phenoxy) is 2. The molecule has 2 bridgehead atoms. The van der Waals surface area contributed by atoms with Crippen LogP contribution in [0.1, 0.15) is 32.6 Å². The molecule has 0 amide bonds. The van der Waals surface area contributed by atoms with Crippen LogP contribution in [0, 0.1) is 11.8 Å². The molecule has 4 heteroatoms. The molecule has 3 atom stereocenters. The van der Waals surface area contributed by atoms with Crippen molar-refractivity contribution in [2.45, 2.75) is 38.2 Å². The first-order valence-corrected chi connectivity index (χ1v) is 6.02. The molecule has 0 aromatic carbocycles. The molecule has 2 fully saturated rings. The Balaban J connectivity index is 1.91. The van der Waals surface area contributed by atoms with Crippen LogP contribution < -0.4 is 0 Å². The molecule has 3 unspecified atom stereocenters. The third-order valence-corrected chi connectivity index (χ3v) is 3.99. The Bertz CT molecular complexity index is 360. The van der Waals surface area contributed by atoms with Crippen LogP contribution in [0.15, 0.2) is 12.2 Å². The summed E-state index contributed by atoms with van der Waals surface area (Å²) in [5.74, 6) is 0.204. The highest BCUT2D eigenvalue weighted by atomic mass is 16.6. The number of rotatable bonds is 3. The van der Waals surface area contributed by atoms with Crippen LogP contribution >= 0.6 is 0 Å². The van der Waals surface area contributed by atoms with E-state index in [9.17, 15) is 9.59 Å². The molecule has 2 aliphatic rings. The molecule has 0 aromatic rings. The first kappa shape index (κ1) is 12.1. The highest BCUT2D eigenvalue weighted by Gasteiger charge is 2.50. The summed E-state index contributed by atoms with van der Waals surface area (Å²) in [5, 5.41) is 0. The average Bonchev–Trinajstić information content (AvgIpc) is 2.85. The maximum atomic E-state index is 11.6. The molecule has 0 aromatic heterocycles. The Morgan fingerprint density at radius 3 is 2.47 bits per heavy atom.